The molecule has 2 atom stereocenters. The van der Waals surface area contributed by atoms with Gasteiger partial charge in [-0.3, -0.25) is 0 Å². The van der Waals surface area contributed by atoms with Crippen LogP contribution in [0.5, 0.6) is 0 Å². The van der Waals surface area contributed by atoms with Crippen molar-refractivity contribution < 1.29 is 4.39 Å². The third-order valence-electron chi connectivity index (χ3n) is 3.74. The Morgan fingerprint density at radius 2 is 2.22 bits per heavy atom. The molecule has 2 unspecified atom stereocenters. The molecule has 1 fully saturated rings. The van der Waals surface area contributed by atoms with E-state index in [0.717, 1.165) is 31.5 Å². The van der Waals surface area contributed by atoms with Gasteiger partial charge in [0.2, 0.25) is 0 Å². The number of piperidine rings is 1. The van der Waals surface area contributed by atoms with Gasteiger partial charge in [0.1, 0.15) is 5.82 Å². The quantitative estimate of drug-likeness (QED) is 0.866. The average molecular weight is 270 g/mol. The monoisotopic (exact) mass is 269 g/mol. The summed E-state index contributed by atoms with van der Waals surface area (Å²) in [5.74, 6) is 1.33. The summed E-state index contributed by atoms with van der Waals surface area (Å²) >= 11 is 6.01. The number of rotatable bonds is 3. The Kier molecular flexibility index (Phi) is 4.63. The van der Waals surface area contributed by atoms with Crippen LogP contribution in [-0.4, -0.2) is 13.1 Å². The highest BCUT2D eigenvalue weighted by atomic mass is 35.5. The molecule has 1 aliphatic heterocycles. The van der Waals surface area contributed by atoms with Gasteiger partial charge in [-0.25, -0.2) is 4.39 Å². The molecule has 100 valence electrons. The highest BCUT2D eigenvalue weighted by molar-refractivity contribution is 6.30. The number of hydrogen-bond donors (Lipinski definition) is 1. The van der Waals surface area contributed by atoms with Crippen molar-refractivity contribution in [2.24, 2.45) is 11.8 Å². The van der Waals surface area contributed by atoms with E-state index in [1.54, 1.807) is 12.1 Å². The van der Waals surface area contributed by atoms with E-state index in [4.69, 9.17) is 11.6 Å². The lowest BCUT2D eigenvalue weighted by Gasteiger charge is -2.34. The van der Waals surface area contributed by atoms with Crippen LogP contribution in [0.4, 0.5) is 4.39 Å². The van der Waals surface area contributed by atoms with E-state index in [0.29, 0.717) is 22.8 Å². The molecule has 0 saturated carbocycles. The van der Waals surface area contributed by atoms with E-state index in [1.807, 2.05) is 0 Å². The summed E-state index contributed by atoms with van der Waals surface area (Å²) < 4.78 is 14.0. The number of halogens is 2. The second-order valence-corrected chi connectivity index (χ2v) is 6.09. The van der Waals surface area contributed by atoms with Crippen LogP contribution < -0.4 is 5.32 Å². The number of benzene rings is 1. The average Bonchev–Trinajstić information content (AvgIpc) is 2.32. The lowest BCUT2D eigenvalue weighted by molar-refractivity contribution is 0.275. The van der Waals surface area contributed by atoms with Crippen LogP contribution in [0.3, 0.4) is 0 Å². The SMILES string of the molecule is CC(C)CC1CNCCC1c1cc(Cl)ccc1F. The molecule has 1 saturated heterocycles. The molecule has 0 aliphatic carbocycles. The van der Waals surface area contributed by atoms with Crippen LogP contribution in [0.1, 0.15) is 38.2 Å². The topological polar surface area (TPSA) is 12.0 Å². The summed E-state index contributed by atoms with van der Waals surface area (Å²) in [4.78, 5) is 0. The van der Waals surface area contributed by atoms with Gasteiger partial charge in [-0.2, -0.15) is 0 Å². The minimum Gasteiger partial charge on any atom is -0.316 e. The Bertz CT molecular complexity index is 405. The molecule has 0 bridgehead atoms. The zero-order valence-corrected chi connectivity index (χ0v) is 11.8. The molecule has 0 amide bonds. The van der Waals surface area contributed by atoms with Crippen LogP contribution in [0.25, 0.3) is 0 Å². The zero-order valence-electron chi connectivity index (χ0n) is 11.0. The third kappa shape index (κ3) is 3.24. The standard InChI is InChI=1S/C15H21ClFN/c1-10(2)7-11-9-18-6-5-13(11)14-8-12(16)3-4-15(14)17/h3-4,8,10-11,13,18H,5-7,9H2,1-2H3. The fourth-order valence-corrected chi connectivity index (χ4v) is 3.16. The number of hydrogen-bond acceptors (Lipinski definition) is 1. The summed E-state index contributed by atoms with van der Waals surface area (Å²) in [6, 6.07) is 4.92. The van der Waals surface area contributed by atoms with Crippen LogP contribution in [0.15, 0.2) is 18.2 Å². The fraction of sp³-hybridized carbons (Fsp3) is 0.600. The Labute approximate surface area is 114 Å². The maximum absolute atomic E-state index is 14.0. The Hall–Kier alpha value is -0.600. The minimum atomic E-state index is -0.111. The minimum absolute atomic E-state index is 0.111. The van der Waals surface area contributed by atoms with Crippen LogP contribution in [0.2, 0.25) is 5.02 Å². The summed E-state index contributed by atoms with van der Waals surface area (Å²) in [5, 5.41) is 4.05. The highest BCUT2D eigenvalue weighted by Gasteiger charge is 2.28. The first kappa shape index (κ1) is 13.8. The second-order valence-electron chi connectivity index (χ2n) is 5.65. The summed E-state index contributed by atoms with van der Waals surface area (Å²) in [6.07, 6.45) is 2.12. The van der Waals surface area contributed by atoms with Gasteiger partial charge in [-0.05, 0) is 67.4 Å². The van der Waals surface area contributed by atoms with Crippen molar-refractivity contribution in [2.75, 3.05) is 13.1 Å². The van der Waals surface area contributed by atoms with Crippen LogP contribution in [0, 0.1) is 17.7 Å². The molecule has 2 rings (SSSR count). The maximum Gasteiger partial charge on any atom is 0.126 e. The van der Waals surface area contributed by atoms with Crippen molar-refractivity contribution in [3.63, 3.8) is 0 Å². The van der Waals surface area contributed by atoms with E-state index in [9.17, 15) is 4.39 Å². The molecule has 1 aromatic carbocycles. The summed E-state index contributed by atoms with van der Waals surface area (Å²) in [7, 11) is 0. The Morgan fingerprint density at radius 3 is 2.94 bits per heavy atom. The van der Waals surface area contributed by atoms with Gasteiger partial charge in [0.15, 0.2) is 0 Å². The molecule has 1 aromatic rings. The second kappa shape index (κ2) is 6.03. The van der Waals surface area contributed by atoms with E-state index in [2.05, 4.69) is 19.2 Å². The molecule has 1 aliphatic rings. The predicted molar refractivity (Wildman–Crippen MR) is 74.6 cm³/mol. The third-order valence-corrected chi connectivity index (χ3v) is 3.97. The largest absolute Gasteiger partial charge is 0.316 e. The zero-order chi connectivity index (χ0) is 13.1. The van der Waals surface area contributed by atoms with Gasteiger partial charge in [-0.1, -0.05) is 25.4 Å². The molecule has 1 N–H and O–H groups in total. The normalized spacial score (nSPS) is 24.5. The first-order valence-corrected chi connectivity index (χ1v) is 7.11. The lowest BCUT2D eigenvalue weighted by Crippen LogP contribution is -2.36. The fourth-order valence-electron chi connectivity index (χ4n) is 2.98. The molecule has 1 nitrogen and oxygen atoms in total. The van der Waals surface area contributed by atoms with E-state index in [1.165, 1.54) is 6.07 Å². The molecule has 0 radical (unpaired) electrons. The lowest BCUT2D eigenvalue weighted by atomic mass is 9.77. The first-order valence-electron chi connectivity index (χ1n) is 6.73. The first-order chi connectivity index (χ1) is 8.58. The van der Waals surface area contributed by atoms with Crippen LogP contribution >= 0.6 is 11.6 Å². The number of nitrogens with one attached hydrogen (secondary N) is 1. The molecule has 3 heteroatoms. The molecular formula is C15H21ClFN. The Morgan fingerprint density at radius 1 is 1.44 bits per heavy atom. The molecule has 0 spiro atoms. The van der Waals surface area contributed by atoms with Crippen molar-refractivity contribution in [1.29, 1.82) is 0 Å². The van der Waals surface area contributed by atoms with Gasteiger partial charge < -0.3 is 5.32 Å². The van der Waals surface area contributed by atoms with Crippen molar-refractivity contribution in [2.45, 2.75) is 32.6 Å². The van der Waals surface area contributed by atoms with Crippen LogP contribution in [-0.2, 0) is 0 Å². The van der Waals surface area contributed by atoms with Gasteiger partial charge in [0, 0.05) is 5.02 Å². The van der Waals surface area contributed by atoms with Crippen molar-refractivity contribution in [3.05, 3.63) is 34.6 Å². The maximum atomic E-state index is 14.0. The Balaban J connectivity index is 2.24. The van der Waals surface area contributed by atoms with Crippen molar-refractivity contribution in [1.82, 2.24) is 5.32 Å². The van der Waals surface area contributed by atoms with E-state index in [-0.39, 0.29) is 5.82 Å². The van der Waals surface area contributed by atoms with E-state index >= 15 is 0 Å². The molecular weight excluding hydrogens is 249 g/mol. The highest BCUT2D eigenvalue weighted by Crippen LogP contribution is 2.36. The van der Waals surface area contributed by atoms with Gasteiger partial charge in [-0.15, -0.1) is 0 Å². The summed E-state index contributed by atoms with van der Waals surface area (Å²) in [5.41, 5.74) is 0.801. The van der Waals surface area contributed by atoms with Crippen molar-refractivity contribution >= 4 is 11.6 Å². The van der Waals surface area contributed by atoms with Gasteiger partial charge in [0.05, 0.1) is 0 Å². The molecule has 1 heterocycles. The van der Waals surface area contributed by atoms with Crippen molar-refractivity contribution in [3.8, 4) is 0 Å². The summed E-state index contributed by atoms with van der Waals surface area (Å²) in [6.45, 7) is 6.39. The van der Waals surface area contributed by atoms with Gasteiger partial charge >= 0.3 is 0 Å². The molecule has 18 heavy (non-hydrogen) atoms. The molecule has 0 aromatic heterocycles. The van der Waals surface area contributed by atoms with E-state index < -0.39 is 0 Å². The predicted octanol–water partition coefficient (Wildman–Crippen LogP) is 4.22. The smallest absolute Gasteiger partial charge is 0.126 e. The van der Waals surface area contributed by atoms with Gasteiger partial charge in [0.25, 0.3) is 0 Å².